The molecule has 0 aliphatic rings. The van der Waals surface area contributed by atoms with Crippen molar-refractivity contribution in [3.05, 3.63) is 5.01 Å². The Labute approximate surface area is 97.3 Å². The van der Waals surface area contributed by atoms with E-state index in [9.17, 15) is 0 Å². The van der Waals surface area contributed by atoms with E-state index in [1.165, 1.54) is 11.3 Å². The second-order valence-electron chi connectivity index (χ2n) is 2.55. The Hall–Kier alpha value is -0.430. The largest absolute Gasteiger partial charge is 0.466 e. The van der Waals surface area contributed by atoms with E-state index >= 15 is 0 Å². The standard InChI is InChI=1S/C8H13ClN2O3S/c1-12-2-3-13-4-5-14-8-11-10-7(6-9)15-8/h2-6H2,1H3. The van der Waals surface area contributed by atoms with Crippen LogP contribution in [0.5, 0.6) is 5.19 Å². The molecule has 0 saturated heterocycles. The molecular weight excluding hydrogens is 240 g/mol. The van der Waals surface area contributed by atoms with Gasteiger partial charge in [0.05, 0.1) is 25.7 Å². The van der Waals surface area contributed by atoms with E-state index in [1.54, 1.807) is 7.11 Å². The molecule has 0 fully saturated rings. The van der Waals surface area contributed by atoms with Gasteiger partial charge in [-0.3, -0.25) is 0 Å². The molecule has 0 aromatic carbocycles. The van der Waals surface area contributed by atoms with Crippen molar-refractivity contribution in [1.29, 1.82) is 0 Å². The van der Waals surface area contributed by atoms with Crippen LogP contribution in [-0.4, -0.2) is 43.7 Å². The summed E-state index contributed by atoms with van der Waals surface area (Å²) in [7, 11) is 1.63. The summed E-state index contributed by atoms with van der Waals surface area (Å²) in [6.07, 6.45) is 0. The Balaban J connectivity index is 2.04. The molecule has 5 nitrogen and oxygen atoms in total. The molecule has 1 heterocycles. The maximum absolute atomic E-state index is 5.57. The molecule has 0 atom stereocenters. The summed E-state index contributed by atoms with van der Waals surface area (Å²) >= 11 is 6.92. The maximum atomic E-state index is 5.57. The Morgan fingerprint density at radius 3 is 2.67 bits per heavy atom. The van der Waals surface area contributed by atoms with Gasteiger partial charge in [-0.05, 0) is 0 Å². The Bertz CT molecular complexity index is 272. The van der Waals surface area contributed by atoms with Crippen molar-refractivity contribution in [2.45, 2.75) is 5.88 Å². The Morgan fingerprint density at radius 2 is 2.00 bits per heavy atom. The van der Waals surface area contributed by atoms with Gasteiger partial charge in [-0.25, -0.2) is 0 Å². The first-order valence-corrected chi connectivity index (χ1v) is 5.79. The second-order valence-corrected chi connectivity index (χ2v) is 3.84. The summed E-state index contributed by atoms with van der Waals surface area (Å²) in [5.74, 6) is 0.366. The van der Waals surface area contributed by atoms with Crippen LogP contribution in [0.25, 0.3) is 0 Å². The van der Waals surface area contributed by atoms with Gasteiger partial charge in [0, 0.05) is 7.11 Å². The van der Waals surface area contributed by atoms with Crippen LogP contribution in [0.2, 0.25) is 0 Å². The van der Waals surface area contributed by atoms with Gasteiger partial charge in [0.25, 0.3) is 5.19 Å². The molecule has 0 spiro atoms. The van der Waals surface area contributed by atoms with Crippen LogP contribution in [0.1, 0.15) is 5.01 Å². The summed E-state index contributed by atoms with van der Waals surface area (Å²) in [5, 5.41) is 8.90. The van der Waals surface area contributed by atoms with E-state index < -0.39 is 0 Å². The molecule has 0 aliphatic heterocycles. The van der Waals surface area contributed by atoms with Gasteiger partial charge in [-0.15, -0.1) is 21.8 Å². The zero-order valence-corrected chi connectivity index (χ0v) is 10.0. The maximum Gasteiger partial charge on any atom is 0.294 e. The lowest BCUT2D eigenvalue weighted by Crippen LogP contribution is -2.09. The van der Waals surface area contributed by atoms with Gasteiger partial charge in [-0.1, -0.05) is 11.3 Å². The molecule has 0 N–H and O–H groups in total. The van der Waals surface area contributed by atoms with E-state index in [2.05, 4.69) is 10.2 Å². The van der Waals surface area contributed by atoms with Crippen LogP contribution in [-0.2, 0) is 15.4 Å². The van der Waals surface area contributed by atoms with Crippen molar-refractivity contribution in [2.75, 3.05) is 33.5 Å². The molecule has 0 radical (unpaired) electrons. The van der Waals surface area contributed by atoms with Crippen molar-refractivity contribution in [3.63, 3.8) is 0 Å². The number of hydrogen-bond acceptors (Lipinski definition) is 6. The first-order valence-electron chi connectivity index (χ1n) is 4.44. The first kappa shape index (κ1) is 12.6. The van der Waals surface area contributed by atoms with Crippen LogP contribution in [0, 0.1) is 0 Å². The van der Waals surface area contributed by atoms with Crippen LogP contribution in [0.3, 0.4) is 0 Å². The van der Waals surface area contributed by atoms with Crippen molar-refractivity contribution in [1.82, 2.24) is 10.2 Å². The highest BCUT2D eigenvalue weighted by atomic mass is 35.5. The van der Waals surface area contributed by atoms with Crippen molar-refractivity contribution in [3.8, 4) is 5.19 Å². The minimum atomic E-state index is 0.366. The molecule has 0 saturated carbocycles. The smallest absolute Gasteiger partial charge is 0.294 e. The summed E-state index contributed by atoms with van der Waals surface area (Å²) < 4.78 is 15.3. The first-order chi connectivity index (χ1) is 7.36. The number of rotatable bonds is 8. The summed E-state index contributed by atoms with van der Waals surface area (Å²) in [6.45, 7) is 2.14. The van der Waals surface area contributed by atoms with Crippen molar-refractivity contribution >= 4 is 22.9 Å². The molecule has 1 aromatic rings. The number of nitrogens with zero attached hydrogens (tertiary/aromatic N) is 2. The predicted molar refractivity (Wildman–Crippen MR) is 57.7 cm³/mol. The van der Waals surface area contributed by atoms with E-state index in [-0.39, 0.29) is 0 Å². The van der Waals surface area contributed by atoms with Crippen LogP contribution in [0.15, 0.2) is 0 Å². The highest BCUT2D eigenvalue weighted by Crippen LogP contribution is 2.18. The fraction of sp³-hybridized carbons (Fsp3) is 0.750. The fourth-order valence-electron chi connectivity index (χ4n) is 0.783. The van der Waals surface area contributed by atoms with Crippen LogP contribution < -0.4 is 4.74 Å². The van der Waals surface area contributed by atoms with Gasteiger partial charge in [0.1, 0.15) is 11.6 Å². The molecule has 86 valence electrons. The molecule has 0 unspecified atom stereocenters. The van der Waals surface area contributed by atoms with Crippen molar-refractivity contribution in [2.24, 2.45) is 0 Å². The molecule has 1 rings (SSSR count). The number of halogens is 1. The third-order valence-electron chi connectivity index (χ3n) is 1.45. The van der Waals surface area contributed by atoms with Gasteiger partial charge >= 0.3 is 0 Å². The third kappa shape index (κ3) is 5.27. The minimum Gasteiger partial charge on any atom is -0.466 e. The highest BCUT2D eigenvalue weighted by Gasteiger charge is 2.02. The van der Waals surface area contributed by atoms with E-state index in [1.807, 2.05) is 0 Å². The SMILES string of the molecule is COCCOCCOc1nnc(CCl)s1. The Morgan fingerprint density at radius 1 is 1.20 bits per heavy atom. The number of alkyl halides is 1. The van der Waals surface area contributed by atoms with Gasteiger partial charge in [0.15, 0.2) is 0 Å². The molecule has 1 aromatic heterocycles. The Kier molecular flexibility index (Phi) is 6.58. The molecule has 0 aliphatic carbocycles. The lowest BCUT2D eigenvalue weighted by Gasteiger charge is -2.03. The van der Waals surface area contributed by atoms with Gasteiger partial charge < -0.3 is 14.2 Å². The predicted octanol–water partition coefficient (Wildman–Crippen LogP) is 1.32. The zero-order valence-electron chi connectivity index (χ0n) is 8.44. The highest BCUT2D eigenvalue weighted by molar-refractivity contribution is 7.13. The average Bonchev–Trinajstić information content (AvgIpc) is 2.71. The van der Waals surface area contributed by atoms with Gasteiger partial charge in [0.2, 0.25) is 0 Å². The zero-order chi connectivity index (χ0) is 10.9. The lowest BCUT2D eigenvalue weighted by atomic mass is 10.7. The monoisotopic (exact) mass is 252 g/mol. The third-order valence-corrected chi connectivity index (χ3v) is 2.69. The molecule has 7 heteroatoms. The average molecular weight is 253 g/mol. The molecule has 0 amide bonds. The summed E-state index contributed by atoms with van der Waals surface area (Å²) in [4.78, 5) is 0. The van der Waals surface area contributed by atoms with Gasteiger partial charge in [-0.2, -0.15) is 0 Å². The lowest BCUT2D eigenvalue weighted by molar-refractivity contribution is 0.0543. The molecule has 0 bridgehead atoms. The quantitative estimate of drug-likeness (QED) is 0.516. The number of methoxy groups -OCH3 is 1. The second kappa shape index (κ2) is 7.81. The summed E-state index contributed by atoms with van der Waals surface area (Å²) in [6, 6.07) is 0. The number of ether oxygens (including phenoxy) is 3. The fourth-order valence-corrected chi connectivity index (χ4v) is 1.56. The molecular formula is C8H13ClN2O3S. The number of hydrogen-bond donors (Lipinski definition) is 0. The minimum absolute atomic E-state index is 0.366. The van der Waals surface area contributed by atoms with Crippen LogP contribution >= 0.6 is 22.9 Å². The van der Waals surface area contributed by atoms with E-state index in [4.69, 9.17) is 25.8 Å². The van der Waals surface area contributed by atoms with Crippen molar-refractivity contribution < 1.29 is 14.2 Å². The molecule has 15 heavy (non-hydrogen) atoms. The topological polar surface area (TPSA) is 53.5 Å². The number of aromatic nitrogens is 2. The van der Waals surface area contributed by atoms with E-state index in [0.717, 1.165) is 5.01 Å². The normalized spacial score (nSPS) is 10.5. The van der Waals surface area contributed by atoms with Crippen LogP contribution in [0.4, 0.5) is 0 Å². The summed E-state index contributed by atoms with van der Waals surface area (Å²) in [5.41, 5.74) is 0. The van der Waals surface area contributed by atoms with E-state index in [0.29, 0.717) is 37.5 Å².